The lowest BCUT2D eigenvalue weighted by Gasteiger charge is -2.45. The third-order valence-electron chi connectivity index (χ3n) is 5.23. The SMILES string of the molecule is CC1=C(Cc2ccc(F)cc2)C(=O)CC(C)(C)[C@]1(O)/C=C/C(C)=C\C(=O)O. The Bertz CT molecular complexity index is 844. The van der Waals surface area contributed by atoms with Crippen molar-refractivity contribution in [1.29, 1.82) is 0 Å². The molecule has 4 nitrogen and oxygen atoms in total. The first-order valence-electron chi connectivity index (χ1n) is 8.77. The van der Waals surface area contributed by atoms with Crippen molar-refractivity contribution < 1.29 is 24.2 Å². The molecule has 0 bridgehead atoms. The quantitative estimate of drug-likeness (QED) is 0.605. The van der Waals surface area contributed by atoms with Gasteiger partial charge in [-0.1, -0.05) is 32.1 Å². The number of allylic oxidation sites excluding steroid dienone is 3. The first-order valence-corrected chi connectivity index (χ1v) is 8.77. The van der Waals surface area contributed by atoms with Crippen LogP contribution in [0, 0.1) is 11.2 Å². The highest BCUT2D eigenvalue weighted by atomic mass is 19.1. The van der Waals surface area contributed by atoms with Gasteiger partial charge in [0.05, 0.1) is 0 Å². The van der Waals surface area contributed by atoms with Crippen LogP contribution in [0.3, 0.4) is 0 Å². The number of aliphatic carboxylic acids is 1. The van der Waals surface area contributed by atoms with Crippen molar-refractivity contribution in [1.82, 2.24) is 0 Å². The maximum absolute atomic E-state index is 13.1. The molecule has 0 saturated heterocycles. The van der Waals surface area contributed by atoms with Crippen LogP contribution < -0.4 is 0 Å². The lowest BCUT2D eigenvalue weighted by atomic mass is 9.62. The Kier molecular flexibility index (Phi) is 5.85. The maximum Gasteiger partial charge on any atom is 0.328 e. The summed E-state index contributed by atoms with van der Waals surface area (Å²) in [5.41, 5.74) is 0.161. The zero-order valence-electron chi connectivity index (χ0n) is 16.0. The molecule has 27 heavy (non-hydrogen) atoms. The van der Waals surface area contributed by atoms with E-state index in [1.165, 1.54) is 12.1 Å². The summed E-state index contributed by atoms with van der Waals surface area (Å²) < 4.78 is 13.1. The highest BCUT2D eigenvalue weighted by molar-refractivity contribution is 5.98. The van der Waals surface area contributed by atoms with Gasteiger partial charge in [0, 0.05) is 29.9 Å². The summed E-state index contributed by atoms with van der Waals surface area (Å²) in [5, 5.41) is 20.3. The number of aliphatic hydroxyl groups is 1. The van der Waals surface area contributed by atoms with Crippen LogP contribution in [0.15, 0.2) is 59.2 Å². The van der Waals surface area contributed by atoms with Crippen LogP contribution in [-0.4, -0.2) is 27.6 Å². The minimum absolute atomic E-state index is 0.0438. The van der Waals surface area contributed by atoms with Crippen LogP contribution in [0.1, 0.15) is 39.7 Å². The molecule has 0 aromatic heterocycles. The summed E-state index contributed by atoms with van der Waals surface area (Å²) in [7, 11) is 0. The Morgan fingerprint density at radius 2 is 1.85 bits per heavy atom. The van der Waals surface area contributed by atoms with E-state index in [0.29, 0.717) is 23.1 Å². The van der Waals surface area contributed by atoms with Crippen molar-refractivity contribution in [2.75, 3.05) is 0 Å². The van der Waals surface area contributed by atoms with Crippen LogP contribution in [0.4, 0.5) is 4.39 Å². The van der Waals surface area contributed by atoms with Gasteiger partial charge in [-0.15, -0.1) is 0 Å². The molecule has 144 valence electrons. The van der Waals surface area contributed by atoms with Crippen molar-refractivity contribution in [2.45, 2.75) is 46.1 Å². The largest absolute Gasteiger partial charge is 0.478 e. The number of carbonyl (C=O) groups excluding carboxylic acids is 1. The molecule has 1 atom stereocenters. The normalized spacial score (nSPS) is 23.2. The summed E-state index contributed by atoms with van der Waals surface area (Å²) in [4.78, 5) is 23.5. The van der Waals surface area contributed by atoms with Gasteiger partial charge in [0.25, 0.3) is 0 Å². The summed E-state index contributed by atoms with van der Waals surface area (Å²) in [6, 6.07) is 5.93. The fourth-order valence-corrected chi connectivity index (χ4v) is 3.47. The highest BCUT2D eigenvalue weighted by Crippen LogP contribution is 2.47. The van der Waals surface area contributed by atoms with Crippen LogP contribution >= 0.6 is 0 Å². The monoisotopic (exact) mass is 372 g/mol. The number of halogens is 1. The van der Waals surface area contributed by atoms with E-state index >= 15 is 0 Å². The van der Waals surface area contributed by atoms with Crippen LogP contribution in [0.25, 0.3) is 0 Å². The Morgan fingerprint density at radius 1 is 1.26 bits per heavy atom. The molecule has 5 heteroatoms. The Hall–Kier alpha value is -2.53. The molecule has 0 aliphatic heterocycles. The van der Waals surface area contributed by atoms with Gasteiger partial charge in [0.1, 0.15) is 11.4 Å². The van der Waals surface area contributed by atoms with Gasteiger partial charge in [-0.05, 0) is 48.8 Å². The van der Waals surface area contributed by atoms with E-state index in [-0.39, 0.29) is 18.0 Å². The molecular formula is C22H25FO4. The summed E-state index contributed by atoms with van der Waals surface area (Å²) >= 11 is 0. The Balaban J connectivity index is 2.48. The van der Waals surface area contributed by atoms with E-state index in [4.69, 9.17) is 5.11 Å². The van der Waals surface area contributed by atoms with Gasteiger partial charge in [-0.2, -0.15) is 0 Å². The van der Waals surface area contributed by atoms with Gasteiger partial charge in [0.15, 0.2) is 5.78 Å². The second-order valence-electron chi connectivity index (χ2n) is 7.72. The van der Waals surface area contributed by atoms with E-state index in [1.807, 2.05) is 13.8 Å². The molecule has 0 saturated carbocycles. The third-order valence-corrected chi connectivity index (χ3v) is 5.23. The number of carbonyl (C=O) groups is 2. The fourth-order valence-electron chi connectivity index (χ4n) is 3.47. The van der Waals surface area contributed by atoms with Crippen molar-refractivity contribution in [2.24, 2.45) is 5.41 Å². The van der Waals surface area contributed by atoms with Gasteiger partial charge < -0.3 is 10.2 Å². The zero-order chi connectivity index (χ0) is 20.4. The standard InChI is InChI=1S/C22H25FO4/c1-14(11-20(25)26)9-10-22(27)15(2)18(19(24)13-21(22,3)4)12-16-5-7-17(23)8-6-16/h5-11,27H,12-13H2,1-4H3,(H,25,26)/b10-9+,14-11-/t22-/m0/s1. The molecule has 1 aromatic rings. The van der Waals surface area contributed by atoms with Gasteiger partial charge in [-0.25, -0.2) is 9.18 Å². The lowest BCUT2D eigenvalue weighted by Crippen LogP contribution is -2.49. The van der Waals surface area contributed by atoms with Gasteiger partial charge >= 0.3 is 5.97 Å². The lowest BCUT2D eigenvalue weighted by molar-refractivity contribution is -0.131. The molecule has 1 aliphatic carbocycles. The second-order valence-corrected chi connectivity index (χ2v) is 7.72. The molecule has 2 rings (SSSR count). The molecule has 0 amide bonds. The second kappa shape index (κ2) is 7.61. The summed E-state index contributed by atoms with van der Waals surface area (Å²) in [5.74, 6) is -1.45. The number of Topliss-reactive ketones (excluding diaryl/α,β-unsaturated/α-hetero) is 1. The fraction of sp³-hybridized carbons (Fsp3) is 0.364. The summed E-state index contributed by atoms with van der Waals surface area (Å²) in [6.45, 7) is 6.97. The van der Waals surface area contributed by atoms with Crippen LogP contribution in [0.2, 0.25) is 0 Å². The van der Waals surface area contributed by atoms with E-state index in [9.17, 15) is 19.1 Å². The minimum Gasteiger partial charge on any atom is -0.478 e. The molecule has 0 unspecified atom stereocenters. The number of rotatable bonds is 5. The Labute approximate surface area is 158 Å². The zero-order valence-corrected chi connectivity index (χ0v) is 16.0. The van der Waals surface area contributed by atoms with Crippen molar-refractivity contribution in [3.63, 3.8) is 0 Å². The third kappa shape index (κ3) is 4.42. The first kappa shape index (κ1) is 20.8. The summed E-state index contributed by atoms with van der Waals surface area (Å²) in [6.07, 6.45) is 4.64. The molecule has 1 aromatic carbocycles. The van der Waals surface area contributed by atoms with Gasteiger partial charge in [-0.3, -0.25) is 4.79 Å². The van der Waals surface area contributed by atoms with Crippen LogP contribution in [-0.2, 0) is 16.0 Å². The molecule has 1 aliphatic rings. The predicted octanol–water partition coefficient (Wildman–Crippen LogP) is 4.00. The van der Waals surface area contributed by atoms with E-state index in [2.05, 4.69) is 0 Å². The highest BCUT2D eigenvalue weighted by Gasteiger charge is 2.49. The Morgan fingerprint density at radius 3 is 2.41 bits per heavy atom. The smallest absolute Gasteiger partial charge is 0.328 e. The molecule has 2 N–H and O–H groups in total. The van der Waals surface area contributed by atoms with Crippen molar-refractivity contribution in [3.8, 4) is 0 Å². The molecule has 0 heterocycles. The predicted molar refractivity (Wildman–Crippen MR) is 102 cm³/mol. The van der Waals surface area contributed by atoms with Crippen molar-refractivity contribution in [3.05, 3.63) is 70.6 Å². The van der Waals surface area contributed by atoms with Crippen molar-refractivity contribution >= 4 is 11.8 Å². The number of carboxylic acid groups (broad SMARTS) is 1. The van der Waals surface area contributed by atoms with E-state index in [1.54, 1.807) is 38.1 Å². The molecule has 0 fully saturated rings. The first-order chi connectivity index (χ1) is 12.5. The number of carboxylic acids is 1. The number of hydrogen-bond donors (Lipinski definition) is 2. The molecule has 0 radical (unpaired) electrons. The van der Waals surface area contributed by atoms with E-state index < -0.39 is 17.0 Å². The van der Waals surface area contributed by atoms with E-state index in [0.717, 1.165) is 11.6 Å². The van der Waals surface area contributed by atoms with Gasteiger partial charge in [0.2, 0.25) is 0 Å². The number of hydrogen-bond acceptors (Lipinski definition) is 3. The topological polar surface area (TPSA) is 74.6 Å². The molecule has 0 spiro atoms. The average molecular weight is 372 g/mol. The maximum atomic E-state index is 13.1. The average Bonchev–Trinajstić information content (AvgIpc) is 2.56. The molecular weight excluding hydrogens is 347 g/mol. The van der Waals surface area contributed by atoms with Crippen LogP contribution in [0.5, 0.6) is 0 Å². The number of ketones is 1. The number of benzene rings is 1. The minimum atomic E-state index is -1.40.